The lowest BCUT2D eigenvalue weighted by atomic mass is 10.0. The van der Waals surface area contributed by atoms with E-state index in [1.165, 1.54) is 0 Å². The molecule has 5 heteroatoms. The highest BCUT2D eigenvalue weighted by Gasteiger charge is 2.10. The van der Waals surface area contributed by atoms with E-state index < -0.39 is 0 Å². The number of anilines is 1. The second-order valence-electron chi connectivity index (χ2n) is 6.45. The van der Waals surface area contributed by atoms with E-state index in [0.29, 0.717) is 5.02 Å². The van der Waals surface area contributed by atoms with Gasteiger partial charge >= 0.3 is 0 Å². The Hall–Kier alpha value is -2.43. The van der Waals surface area contributed by atoms with Gasteiger partial charge in [0.1, 0.15) is 0 Å². The Morgan fingerprint density at radius 1 is 0.923 bits per heavy atom. The summed E-state index contributed by atoms with van der Waals surface area (Å²) in [7, 11) is 4.16. The van der Waals surface area contributed by atoms with Crippen molar-refractivity contribution < 1.29 is 0 Å². The summed E-state index contributed by atoms with van der Waals surface area (Å²) in [5, 5.41) is 13.0. The van der Waals surface area contributed by atoms with Crippen LogP contribution in [0.4, 0.5) is 5.82 Å². The van der Waals surface area contributed by atoms with Crippen molar-refractivity contribution in [2.24, 2.45) is 0 Å². The number of halogens is 1. The van der Waals surface area contributed by atoms with E-state index in [2.05, 4.69) is 52.7 Å². The van der Waals surface area contributed by atoms with Crippen molar-refractivity contribution in [2.75, 3.05) is 32.5 Å². The molecule has 3 aromatic rings. The molecule has 4 nitrogen and oxygen atoms in total. The molecule has 0 amide bonds. The van der Waals surface area contributed by atoms with E-state index in [1.807, 2.05) is 42.5 Å². The first-order valence-electron chi connectivity index (χ1n) is 8.71. The molecule has 0 spiro atoms. The first-order chi connectivity index (χ1) is 12.6. The molecule has 1 N–H and O–H groups in total. The van der Waals surface area contributed by atoms with Gasteiger partial charge in [0, 0.05) is 22.7 Å². The first kappa shape index (κ1) is 18.4. The summed E-state index contributed by atoms with van der Waals surface area (Å²) in [4.78, 5) is 2.18. The first-order valence-corrected chi connectivity index (χ1v) is 9.09. The Bertz CT molecular complexity index is 832. The van der Waals surface area contributed by atoms with Crippen molar-refractivity contribution in [3.05, 3.63) is 65.7 Å². The average Bonchev–Trinajstić information content (AvgIpc) is 2.66. The number of aromatic nitrogens is 2. The van der Waals surface area contributed by atoms with E-state index in [4.69, 9.17) is 11.6 Å². The van der Waals surface area contributed by atoms with E-state index in [9.17, 15) is 0 Å². The van der Waals surface area contributed by atoms with Crippen LogP contribution in [0.5, 0.6) is 0 Å². The molecule has 0 aliphatic rings. The largest absolute Gasteiger partial charge is 0.368 e. The predicted molar refractivity (Wildman–Crippen MR) is 110 cm³/mol. The molecule has 0 atom stereocenters. The van der Waals surface area contributed by atoms with Crippen LogP contribution in [-0.4, -0.2) is 42.3 Å². The highest BCUT2D eigenvalue weighted by molar-refractivity contribution is 6.30. The molecule has 134 valence electrons. The monoisotopic (exact) mass is 366 g/mol. The van der Waals surface area contributed by atoms with E-state index in [0.717, 1.165) is 47.7 Å². The molecule has 0 aliphatic carbocycles. The summed E-state index contributed by atoms with van der Waals surface area (Å²) >= 11 is 6.00. The van der Waals surface area contributed by atoms with Gasteiger partial charge in [-0.1, -0.05) is 54.1 Å². The molecule has 2 aromatic carbocycles. The van der Waals surface area contributed by atoms with Gasteiger partial charge < -0.3 is 10.2 Å². The molecule has 0 fully saturated rings. The quantitative estimate of drug-likeness (QED) is 0.608. The standard InChI is InChI=1S/C21H23ClN4/c1-26(2)14-6-13-23-21-19(16-7-4-3-5-8-16)15-20(24-25-21)17-9-11-18(22)12-10-17/h3-5,7-12,15H,6,13-14H2,1-2H3,(H,23,25). The van der Waals surface area contributed by atoms with Crippen molar-refractivity contribution in [3.8, 4) is 22.4 Å². The van der Waals surface area contributed by atoms with Crippen LogP contribution in [-0.2, 0) is 0 Å². The maximum absolute atomic E-state index is 6.00. The predicted octanol–water partition coefficient (Wildman–Crippen LogP) is 4.83. The maximum Gasteiger partial charge on any atom is 0.156 e. The Kier molecular flexibility index (Phi) is 6.21. The number of hydrogen-bond donors (Lipinski definition) is 1. The third-order valence-corrected chi connectivity index (χ3v) is 4.35. The van der Waals surface area contributed by atoms with E-state index in [-0.39, 0.29) is 0 Å². The summed E-state index contributed by atoms with van der Waals surface area (Å²) in [6.45, 7) is 1.89. The summed E-state index contributed by atoms with van der Waals surface area (Å²) in [5.41, 5.74) is 4.00. The van der Waals surface area contributed by atoms with Gasteiger partial charge in [-0.2, -0.15) is 0 Å². The molecule has 1 aromatic heterocycles. The van der Waals surface area contributed by atoms with Crippen LogP contribution in [0.15, 0.2) is 60.7 Å². The number of nitrogens with zero attached hydrogens (tertiary/aromatic N) is 3. The summed E-state index contributed by atoms with van der Waals surface area (Å²) in [6.07, 6.45) is 1.04. The third kappa shape index (κ3) is 4.81. The van der Waals surface area contributed by atoms with Crippen LogP contribution in [0.25, 0.3) is 22.4 Å². The van der Waals surface area contributed by atoms with Crippen LogP contribution >= 0.6 is 11.6 Å². The summed E-state index contributed by atoms with van der Waals surface area (Å²) < 4.78 is 0. The molecular weight excluding hydrogens is 344 g/mol. The van der Waals surface area contributed by atoms with Gasteiger partial charge in [-0.3, -0.25) is 0 Å². The van der Waals surface area contributed by atoms with E-state index >= 15 is 0 Å². The molecule has 1 heterocycles. The van der Waals surface area contributed by atoms with Gasteiger partial charge in [0.25, 0.3) is 0 Å². The molecule has 0 aliphatic heterocycles. The highest BCUT2D eigenvalue weighted by atomic mass is 35.5. The smallest absolute Gasteiger partial charge is 0.156 e. The molecule has 0 unspecified atom stereocenters. The van der Waals surface area contributed by atoms with E-state index in [1.54, 1.807) is 0 Å². The summed E-state index contributed by atoms with van der Waals surface area (Å²) in [6, 6.07) is 20.0. The van der Waals surface area contributed by atoms with Crippen molar-refractivity contribution >= 4 is 17.4 Å². The number of benzene rings is 2. The maximum atomic E-state index is 6.00. The number of hydrogen-bond acceptors (Lipinski definition) is 4. The minimum Gasteiger partial charge on any atom is -0.368 e. The molecule has 0 saturated heterocycles. The minimum absolute atomic E-state index is 0.712. The fourth-order valence-corrected chi connectivity index (χ4v) is 2.85. The lowest BCUT2D eigenvalue weighted by molar-refractivity contribution is 0.405. The van der Waals surface area contributed by atoms with Crippen molar-refractivity contribution in [2.45, 2.75) is 6.42 Å². The number of nitrogens with one attached hydrogen (secondary N) is 1. The molecular formula is C21H23ClN4. The van der Waals surface area contributed by atoms with Crippen molar-refractivity contribution in [3.63, 3.8) is 0 Å². The van der Waals surface area contributed by atoms with Gasteiger partial charge in [0.15, 0.2) is 5.82 Å². The molecule has 0 saturated carbocycles. The van der Waals surface area contributed by atoms with Crippen LogP contribution in [0.2, 0.25) is 5.02 Å². The van der Waals surface area contributed by atoms with Gasteiger partial charge in [-0.25, -0.2) is 0 Å². The Balaban J connectivity index is 1.90. The second-order valence-corrected chi connectivity index (χ2v) is 6.88. The Morgan fingerprint density at radius 3 is 2.35 bits per heavy atom. The van der Waals surface area contributed by atoms with Crippen molar-refractivity contribution in [1.29, 1.82) is 0 Å². The topological polar surface area (TPSA) is 41.0 Å². The molecule has 26 heavy (non-hydrogen) atoms. The number of rotatable bonds is 7. The zero-order valence-corrected chi connectivity index (χ0v) is 15.9. The van der Waals surface area contributed by atoms with Gasteiger partial charge in [0.2, 0.25) is 0 Å². The lowest BCUT2D eigenvalue weighted by Crippen LogP contribution is -2.17. The van der Waals surface area contributed by atoms with Gasteiger partial charge in [0.05, 0.1) is 5.69 Å². The van der Waals surface area contributed by atoms with Crippen LogP contribution in [0.1, 0.15) is 6.42 Å². The fraction of sp³-hybridized carbons (Fsp3) is 0.238. The van der Waals surface area contributed by atoms with Crippen molar-refractivity contribution in [1.82, 2.24) is 15.1 Å². The lowest BCUT2D eigenvalue weighted by Gasteiger charge is -2.14. The zero-order valence-electron chi connectivity index (χ0n) is 15.1. The fourth-order valence-electron chi connectivity index (χ4n) is 2.72. The Labute approximate surface area is 159 Å². The second kappa shape index (κ2) is 8.79. The Morgan fingerprint density at radius 2 is 1.65 bits per heavy atom. The van der Waals surface area contributed by atoms with Gasteiger partial charge in [-0.05, 0) is 50.8 Å². The third-order valence-electron chi connectivity index (χ3n) is 4.09. The zero-order chi connectivity index (χ0) is 18.4. The SMILES string of the molecule is CN(C)CCCNc1nnc(-c2ccc(Cl)cc2)cc1-c1ccccc1. The van der Waals surface area contributed by atoms with Crippen LogP contribution < -0.4 is 5.32 Å². The molecule has 3 rings (SSSR count). The molecule has 0 bridgehead atoms. The normalized spacial score (nSPS) is 10.9. The minimum atomic E-state index is 0.712. The average molecular weight is 367 g/mol. The highest BCUT2D eigenvalue weighted by Crippen LogP contribution is 2.30. The molecule has 0 radical (unpaired) electrons. The van der Waals surface area contributed by atoms with Crippen LogP contribution in [0, 0.1) is 0 Å². The van der Waals surface area contributed by atoms with Crippen LogP contribution in [0.3, 0.4) is 0 Å². The summed E-state index contributed by atoms with van der Waals surface area (Å²) in [5.74, 6) is 0.813. The van der Waals surface area contributed by atoms with Gasteiger partial charge in [-0.15, -0.1) is 10.2 Å².